The van der Waals surface area contributed by atoms with E-state index in [-0.39, 0.29) is 28.5 Å². The van der Waals surface area contributed by atoms with Gasteiger partial charge in [0, 0.05) is 12.1 Å². The molecule has 0 fully saturated rings. The molecular weight excluding hydrogens is 376 g/mol. The standard InChI is InChI=1S/C18H15F2N3O3S/c19-17(20)25-14-8-6-13(7-9-14)16-22-23-18(26-16)27-11-15(24)21-10-12-4-2-1-3-5-12/h1-9,17H,10-11H2,(H,21,24). The molecule has 0 aliphatic rings. The van der Waals surface area contributed by atoms with Gasteiger partial charge in [0.1, 0.15) is 5.75 Å². The number of amides is 1. The summed E-state index contributed by atoms with van der Waals surface area (Å²) in [6.45, 7) is -2.43. The average molecular weight is 391 g/mol. The lowest BCUT2D eigenvalue weighted by Crippen LogP contribution is -2.24. The maximum absolute atomic E-state index is 12.2. The molecule has 27 heavy (non-hydrogen) atoms. The molecule has 0 bridgehead atoms. The van der Waals surface area contributed by atoms with Gasteiger partial charge in [-0.25, -0.2) is 0 Å². The van der Waals surface area contributed by atoms with Crippen LogP contribution in [0.1, 0.15) is 5.56 Å². The van der Waals surface area contributed by atoms with E-state index >= 15 is 0 Å². The highest BCUT2D eigenvalue weighted by Crippen LogP contribution is 2.25. The van der Waals surface area contributed by atoms with E-state index in [2.05, 4.69) is 20.3 Å². The highest BCUT2D eigenvalue weighted by Gasteiger charge is 2.12. The zero-order valence-electron chi connectivity index (χ0n) is 14.0. The molecule has 1 heterocycles. The molecule has 0 unspecified atom stereocenters. The van der Waals surface area contributed by atoms with Crippen LogP contribution < -0.4 is 10.1 Å². The zero-order valence-corrected chi connectivity index (χ0v) is 14.8. The van der Waals surface area contributed by atoms with Crippen molar-refractivity contribution in [3.8, 4) is 17.2 Å². The molecule has 1 aromatic heterocycles. The lowest BCUT2D eigenvalue weighted by atomic mass is 10.2. The van der Waals surface area contributed by atoms with Crippen molar-refractivity contribution in [1.82, 2.24) is 15.5 Å². The molecule has 0 radical (unpaired) electrons. The summed E-state index contributed by atoms with van der Waals surface area (Å²) in [6, 6.07) is 15.4. The molecule has 6 nitrogen and oxygen atoms in total. The lowest BCUT2D eigenvalue weighted by Gasteiger charge is -2.04. The van der Waals surface area contributed by atoms with Crippen molar-refractivity contribution in [3.63, 3.8) is 0 Å². The fourth-order valence-electron chi connectivity index (χ4n) is 2.14. The van der Waals surface area contributed by atoms with E-state index in [9.17, 15) is 13.6 Å². The molecule has 9 heteroatoms. The van der Waals surface area contributed by atoms with Crippen LogP contribution in [0.15, 0.2) is 64.2 Å². The molecule has 0 aliphatic carbocycles. The number of carbonyl (C=O) groups excluding carboxylic acids is 1. The monoisotopic (exact) mass is 391 g/mol. The van der Waals surface area contributed by atoms with E-state index < -0.39 is 6.61 Å². The second-order valence-corrected chi connectivity index (χ2v) is 6.25. The number of nitrogens with one attached hydrogen (secondary N) is 1. The van der Waals surface area contributed by atoms with E-state index in [1.807, 2.05) is 30.3 Å². The van der Waals surface area contributed by atoms with Gasteiger partial charge in [-0.05, 0) is 29.8 Å². The topological polar surface area (TPSA) is 77.2 Å². The Labute approximate surface area is 157 Å². The minimum atomic E-state index is -2.88. The SMILES string of the molecule is O=C(CSc1nnc(-c2ccc(OC(F)F)cc2)o1)NCc1ccccc1. The minimum absolute atomic E-state index is 0.0398. The molecule has 0 saturated heterocycles. The maximum atomic E-state index is 12.2. The number of aromatic nitrogens is 2. The first-order valence-electron chi connectivity index (χ1n) is 7.92. The van der Waals surface area contributed by atoms with Crippen LogP contribution in [0.5, 0.6) is 5.75 Å². The fourth-order valence-corrected chi connectivity index (χ4v) is 2.73. The minimum Gasteiger partial charge on any atom is -0.435 e. The van der Waals surface area contributed by atoms with Crippen molar-refractivity contribution in [2.24, 2.45) is 0 Å². The van der Waals surface area contributed by atoms with Gasteiger partial charge in [-0.2, -0.15) is 8.78 Å². The first-order chi connectivity index (χ1) is 13.1. The van der Waals surface area contributed by atoms with Crippen LogP contribution in [-0.2, 0) is 11.3 Å². The Hall–Kier alpha value is -2.94. The van der Waals surface area contributed by atoms with E-state index in [0.717, 1.165) is 17.3 Å². The van der Waals surface area contributed by atoms with E-state index in [1.165, 1.54) is 24.3 Å². The highest BCUT2D eigenvalue weighted by atomic mass is 32.2. The third kappa shape index (κ3) is 5.78. The predicted molar refractivity (Wildman–Crippen MR) is 95.4 cm³/mol. The predicted octanol–water partition coefficient (Wildman–Crippen LogP) is 3.75. The van der Waals surface area contributed by atoms with Gasteiger partial charge in [-0.1, -0.05) is 42.1 Å². The van der Waals surface area contributed by atoms with Gasteiger partial charge >= 0.3 is 6.61 Å². The Kier molecular flexibility index (Phi) is 6.37. The van der Waals surface area contributed by atoms with Gasteiger partial charge < -0.3 is 14.5 Å². The average Bonchev–Trinajstić information content (AvgIpc) is 3.15. The van der Waals surface area contributed by atoms with Crippen LogP contribution in [0.25, 0.3) is 11.5 Å². The highest BCUT2D eigenvalue weighted by molar-refractivity contribution is 7.99. The van der Waals surface area contributed by atoms with Crippen LogP contribution in [0.4, 0.5) is 8.78 Å². The van der Waals surface area contributed by atoms with Gasteiger partial charge in [-0.3, -0.25) is 4.79 Å². The number of benzene rings is 2. The Morgan fingerprint density at radius 1 is 1.11 bits per heavy atom. The first kappa shape index (κ1) is 18.8. The van der Waals surface area contributed by atoms with Crippen LogP contribution >= 0.6 is 11.8 Å². The second kappa shape index (κ2) is 9.13. The quantitative estimate of drug-likeness (QED) is 0.590. The molecule has 140 valence electrons. The number of hydrogen-bond acceptors (Lipinski definition) is 6. The smallest absolute Gasteiger partial charge is 0.387 e. The van der Waals surface area contributed by atoms with Gasteiger partial charge in [-0.15, -0.1) is 10.2 Å². The third-order valence-corrected chi connectivity index (χ3v) is 4.21. The van der Waals surface area contributed by atoms with Crippen molar-refractivity contribution in [3.05, 3.63) is 60.2 Å². The molecule has 3 rings (SSSR count). The van der Waals surface area contributed by atoms with Crippen molar-refractivity contribution in [2.75, 3.05) is 5.75 Å². The molecule has 0 aliphatic heterocycles. The summed E-state index contributed by atoms with van der Waals surface area (Å²) in [5.41, 5.74) is 1.57. The summed E-state index contributed by atoms with van der Waals surface area (Å²) in [5, 5.41) is 10.8. The van der Waals surface area contributed by atoms with Crippen molar-refractivity contribution in [1.29, 1.82) is 0 Å². The Balaban J connectivity index is 1.49. The van der Waals surface area contributed by atoms with Gasteiger partial charge in [0.25, 0.3) is 5.22 Å². The second-order valence-electron chi connectivity index (χ2n) is 5.33. The Bertz CT molecular complexity index is 873. The van der Waals surface area contributed by atoms with Crippen molar-refractivity contribution < 1.29 is 22.7 Å². The number of rotatable bonds is 8. The lowest BCUT2D eigenvalue weighted by molar-refractivity contribution is -0.118. The maximum Gasteiger partial charge on any atom is 0.387 e. The number of halogens is 2. The van der Waals surface area contributed by atoms with Gasteiger partial charge in [0.2, 0.25) is 11.8 Å². The number of thioether (sulfide) groups is 1. The summed E-state index contributed by atoms with van der Waals surface area (Å²) in [7, 11) is 0. The molecule has 1 N–H and O–H groups in total. The number of hydrogen-bond donors (Lipinski definition) is 1. The molecule has 0 saturated carbocycles. The summed E-state index contributed by atoms with van der Waals surface area (Å²) in [5.74, 6) is 0.246. The van der Waals surface area contributed by atoms with Crippen LogP contribution in [0.3, 0.4) is 0 Å². The zero-order chi connectivity index (χ0) is 19.1. The Morgan fingerprint density at radius 3 is 2.56 bits per heavy atom. The van der Waals surface area contributed by atoms with Gasteiger partial charge in [0.05, 0.1) is 5.75 Å². The van der Waals surface area contributed by atoms with Crippen molar-refractivity contribution in [2.45, 2.75) is 18.4 Å². The molecular formula is C18H15F2N3O3S. The molecule has 3 aromatic rings. The number of carbonyl (C=O) groups is 1. The van der Waals surface area contributed by atoms with Gasteiger partial charge in [0.15, 0.2) is 0 Å². The molecule has 0 atom stereocenters. The first-order valence-corrected chi connectivity index (χ1v) is 8.91. The van der Waals surface area contributed by atoms with E-state index in [0.29, 0.717) is 12.1 Å². The Morgan fingerprint density at radius 2 is 1.85 bits per heavy atom. The number of alkyl halides is 2. The molecule has 1 amide bonds. The molecule has 2 aromatic carbocycles. The van der Waals surface area contributed by atoms with E-state index in [1.54, 1.807) is 0 Å². The van der Waals surface area contributed by atoms with Crippen LogP contribution in [0.2, 0.25) is 0 Å². The summed E-state index contributed by atoms with van der Waals surface area (Å²) < 4.78 is 34.1. The largest absolute Gasteiger partial charge is 0.435 e. The van der Waals surface area contributed by atoms with Crippen LogP contribution in [0, 0.1) is 0 Å². The molecule has 0 spiro atoms. The fraction of sp³-hybridized carbons (Fsp3) is 0.167. The summed E-state index contributed by atoms with van der Waals surface area (Å²) in [4.78, 5) is 11.9. The third-order valence-electron chi connectivity index (χ3n) is 3.39. The van der Waals surface area contributed by atoms with E-state index in [4.69, 9.17) is 4.42 Å². The summed E-state index contributed by atoms with van der Waals surface area (Å²) in [6.07, 6.45) is 0. The number of nitrogens with zero attached hydrogens (tertiary/aromatic N) is 2. The van der Waals surface area contributed by atoms with Crippen LogP contribution in [-0.4, -0.2) is 28.5 Å². The summed E-state index contributed by atoms with van der Waals surface area (Å²) >= 11 is 1.11. The van der Waals surface area contributed by atoms with Crippen molar-refractivity contribution >= 4 is 17.7 Å². The number of ether oxygens (including phenoxy) is 1. The normalized spacial score (nSPS) is 10.8.